The first-order valence-electron chi connectivity index (χ1n) is 14.7. The third kappa shape index (κ3) is 5.85. The summed E-state index contributed by atoms with van der Waals surface area (Å²) >= 11 is 6.55. The van der Waals surface area contributed by atoms with Crippen molar-refractivity contribution in [2.45, 2.75) is 58.1 Å². The fourth-order valence-corrected chi connectivity index (χ4v) is 7.06. The van der Waals surface area contributed by atoms with E-state index in [9.17, 15) is 23.2 Å². The van der Waals surface area contributed by atoms with Crippen LogP contribution in [0, 0.1) is 17.2 Å². The number of carbonyl (C=O) groups excluding carboxylic acids is 3. The largest absolute Gasteiger partial charge is 0.484 e. The van der Waals surface area contributed by atoms with E-state index in [1.54, 1.807) is 23.8 Å². The van der Waals surface area contributed by atoms with Gasteiger partial charge in [-0.25, -0.2) is 17.9 Å². The van der Waals surface area contributed by atoms with Gasteiger partial charge in [0.25, 0.3) is 6.43 Å². The molecule has 3 amide bonds. The standard InChI is InChI=1S/C29H36ClF3N6O5/c1-29(28(42)34-2)8-5-4-6-17(29)27(41)39-9-7-16-18(30)12-19(31)25(44-14-20-24(26(32)33)37(3)36-35-20)23(16)21(39)13-38-10-11-43-15-22(38)40/h12,17,21,26H,4-11,13-15H2,1-3H3,(H,34,42)/t17-,21?,29-/m0/s1. The van der Waals surface area contributed by atoms with Gasteiger partial charge in [-0.2, -0.15) is 0 Å². The minimum Gasteiger partial charge on any atom is -0.484 e. The highest BCUT2D eigenvalue weighted by atomic mass is 35.5. The molecule has 3 atom stereocenters. The van der Waals surface area contributed by atoms with E-state index in [0.29, 0.717) is 18.4 Å². The predicted molar refractivity (Wildman–Crippen MR) is 151 cm³/mol. The number of benzene rings is 1. The number of aryl methyl sites for hydroxylation is 1. The summed E-state index contributed by atoms with van der Waals surface area (Å²) < 4.78 is 55.3. The number of amides is 3. The molecule has 1 unspecified atom stereocenters. The van der Waals surface area contributed by atoms with E-state index in [1.807, 2.05) is 0 Å². The second-order valence-corrected chi connectivity index (χ2v) is 12.1. The van der Waals surface area contributed by atoms with Gasteiger partial charge in [0.05, 0.1) is 24.0 Å². The molecule has 3 aliphatic rings. The molecule has 1 aromatic heterocycles. The Balaban J connectivity index is 1.58. The van der Waals surface area contributed by atoms with E-state index in [2.05, 4.69) is 15.6 Å². The molecule has 5 rings (SSSR count). The molecule has 240 valence electrons. The lowest BCUT2D eigenvalue weighted by Crippen LogP contribution is -2.55. The molecule has 15 heteroatoms. The van der Waals surface area contributed by atoms with Crippen LogP contribution in [0.15, 0.2) is 6.07 Å². The Kier molecular flexibility index (Phi) is 9.40. The van der Waals surface area contributed by atoms with Crippen molar-refractivity contribution >= 4 is 29.3 Å². The maximum Gasteiger partial charge on any atom is 0.282 e. The van der Waals surface area contributed by atoms with Crippen molar-refractivity contribution in [2.24, 2.45) is 18.4 Å². The van der Waals surface area contributed by atoms with E-state index in [4.69, 9.17) is 21.1 Å². The van der Waals surface area contributed by atoms with Crippen LogP contribution in [-0.2, 0) is 39.2 Å². The Hall–Kier alpha value is -3.39. The predicted octanol–water partition coefficient (Wildman–Crippen LogP) is 3.35. The zero-order chi connectivity index (χ0) is 31.8. The summed E-state index contributed by atoms with van der Waals surface area (Å²) in [6, 6.07) is 0.197. The van der Waals surface area contributed by atoms with Crippen molar-refractivity contribution in [2.75, 3.05) is 39.9 Å². The molecule has 1 saturated heterocycles. The fourth-order valence-electron chi connectivity index (χ4n) is 6.77. The van der Waals surface area contributed by atoms with Gasteiger partial charge in [0, 0.05) is 44.3 Å². The van der Waals surface area contributed by atoms with Crippen molar-refractivity contribution in [1.29, 1.82) is 0 Å². The zero-order valence-electron chi connectivity index (χ0n) is 24.9. The first-order valence-corrected chi connectivity index (χ1v) is 15.0. The van der Waals surface area contributed by atoms with Gasteiger partial charge in [0.1, 0.15) is 24.6 Å². The number of rotatable bonds is 8. The van der Waals surface area contributed by atoms with Crippen LogP contribution in [0.25, 0.3) is 0 Å². The summed E-state index contributed by atoms with van der Waals surface area (Å²) in [5.74, 6) is -2.58. The summed E-state index contributed by atoms with van der Waals surface area (Å²) in [5.41, 5.74) is -0.804. The smallest absolute Gasteiger partial charge is 0.282 e. The van der Waals surface area contributed by atoms with Crippen LogP contribution in [0.1, 0.15) is 67.6 Å². The number of fused-ring (bicyclic) bond motifs is 1. The van der Waals surface area contributed by atoms with E-state index < -0.39 is 41.9 Å². The van der Waals surface area contributed by atoms with Gasteiger partial charge in [-0.15, -0.1) is 5.10 Å². The number of alkyl halides is 2. The second-order valence-electron chi connectivity index (χ2n) is 11.7. The van der Waals surface area contributed by atoms with Crippen LogP contribution in [0.4, 0.5) is 13.2 Å². The Morgan fingerprint density at radius 3 is 2.77 bits per heavy atom. The van der Waals surface area contributed by atoms with Crippen molar-refractivity contribution in [1.82, 2.24) is 30.1 Å². The van der Waals surface area contributed by atoms with Crippen LogP contribution in [-0.4, -0.2) is 82.4 Å². The molecule has 1 N–H and O–H groups in total. The summed E-state index contributed by atoms with van der Waals surface area (Å²) in [5, 5.41) is 10.2. The van der Waals surface area contributed by atoms with Gasteiger partial charge in [0.15, 0.2) is 11.6 Å². The lowest BCUT2D eigenvalue weighted by atomic mass is 9.66. The molecule has 11 nitrogen and oxygen atoms in total. The highest BCUT2D eigenvalue weighted by Crippen LogP contribution is 2.47. The first kappa shape index (κ1) is 32.0. The van der Waals surface area contributed by atoms with Crippen molar-refractivity contribution < 1.29 is 37.0 Å². The molecule has 1 aromatic carbocycles. The molecular weight excluding hydrogens is 605 g/mol. The molecule has 2 fully saturated rings. The van der Waals surface area contributed by atoms with Crippen molar-refractivity contribution in [3.63, 3.8) is 0 Å². The molecule has 2 aliphatic heterocycles. The third-order valence-electron chi connectivity index (χ3n) is 9.16. The monoisotopic (exact) mass is 640 g/mol. The molecular formula is C29H36ClF3N6O5. The summed E-state index contributed by atoms with van der Waals surface area (Å²) in [4.78, 5) is 43.5. The minimum atomic E-state index is -2.89. The number of morpholine rings is 1. The number of hydrogen-bond donors (Lipinski definition) is 1. The molecule has 0 spiro atoms. The lowest BCUT2D eigenvalue weighted by Gasteiger charge is -2.46. The van der Waals surface area contributed by atoms with E-state index in [-0.39, 0.29) is 79.0 Å². The number of hydrogen-bond acceptors (Lipinski definition) is 7. The molecule has 1 saturated carbocycles. The summed E-state index contributed by atoms with van der Waals surface area (Å²) in [6.07, 6.45) is -0.0637. The van der Waals surface area contributed by atoms with Gasteiger partial charge < -0.3 is 24.6 Å². The quantitative estimate of drug-likeness (QED) is 0.470. The van der Waals surface area contributed by atoms with Crippen LogP contribution >= 0.6 is 11.6 Å². The number of halogens is 4. The van der Waals surface area contributed by atoms with Crippen LogP contribution in [0.2, 0.25) is 5.02 Å². The summed E-state index contributed by atoms with van der Waals surface area (Å²) in [7, 11) is 2.86. The van der Waals surface area contributed by atoms with E-state index in [0.717, 1.165) is 23.6 Å². The number of aromatic nitrogens is 3. The number of ether oxygens (including phenoxy) is 2. The summed E-state index contributed by atoms with van der Waals surface area (Å²) in [6.45, 7) is 1.87. The highest BCUT2D eigenvalue weighted by molar-refractivity contribution is 6.31. The Bertz CT molecular complexity index is 1440. The normalized spacial score (nSPS) is 24.0. The molecule has 0 bridgehead atoms. The van der Waals surface area contributed by atoms with Gasteiger partial charge in [0.2, 0.25) is 17.7 Å². The van der Waals surface area contributed by atoms with Crippen molar-refractivity contribution in [3.05, 3.63) is 39.4 Å². The van der Waals surface area contributed by atoms with Crippen LogP contribution in [0.3, 0.4) is 0 Å². The first-order chi connectivity index (χ1) is 21.0. The number of carbonyl (C=O) groups is 3. The second kappa shape index (κ2) is 12.9. The SMILES string of the molecule is CNC(=O)[C@@]1(C)CCCC[C@H]1C(=O)N1CCc2c(Cl)cc(F)c(OCc3nnn(C)c3C(F)F)c2C1CN1CCOCC1=O. The maximum absolute atomic E-state index is 15.7. The fraction of sp³-hybridized carbons (Fsp3) is 0.621. The molecule has 44 heavy (non-hydrogen) atoms. The van der Waals surface area contributed by atoms with Gasteiger partial charge >= 0.3 is 0 Å². The third-order valence-corrected chi connectivity index (χ3v) is 9.49. The Labute approximate surface area is 258 Å². The highest BCUT2D eigenvalue weighted by Gasteiger charge is 2.49. The molecule has 0 radical (unpaired) electrons. The van der Waals surface area contributed by atoms with Gasteiger partial charge in [-0.05, 0) is 37.8 Å². The Morgan fingerprint density at radius 1 is 1.30 bits per heavy atom. The Morgan fingerprint density at radius 2 is 2.07 bits per heavy atom. The minimum absolute atomic E-state index is 0.00604. The topological polar surface area (TPSA) is 119 Å². The zero-order valence-corrected chi connectivity index (χ0v) is 25.6. The molecule has 1 aliphatic carbocycles. The van der Waals surface area contributed by atoms with Crippen molar-refractivity contribution in [3.8, 4) is 5.75 Å². The number of nitrogens with zero attached hydrogens (tertiary/aromatic N) is 5. The lowest BCUT2D eigenvalue weighted by molar-refractivity contribution is -0.154. The molecule has 3 heterocycles. The average molecular weight is 641 g/mol. The van der Waals surface area contributed by atoms with Gasteiger partial charge in [-0.3, -0.25) is 14.4 Å². The maximum atomic E-state index is 15.7. The average Bonchev–Trinajstić information content (AvgIpc) is 3.37. The van der Waals surface area contributed by atoms with E-state index in [1.165, 1.54) is 7.05 Å². The van der Waals surface area contributed by atoms with Crippen LogP contribution < -0.4 is 10.1 Å². The van der Waals surface area contributed by atoms with E-state index >= 15 is 4.39 Å². The number of nitrogens with one attached hydrogen (secondary N) is 1. The molecule has 2 aromatic rings. The van der Waals surface area contributed by atoms with Gasteiger partial charge in [-0.1, -0.05) is 29.7 Å². The van der Waals surface area contributed by atoms with Crippen LogP contribution in [0.5, 0.6) is 5.75 Å².